The first-order chi connectivity index (χ1) is 8.34. The molecule has 1 atom stereocenters. The summed E-state index contributed by atoms with van der Waals surface area (Å²) in [6, 6.07) is 8.49. The lowest BCUT2D eigenvalue weighted by atomic mass is 10.0. The van der Waals surface area contributed by atoms with Crippen LogP contribution in [-0.4, -0.2) is 24.8 Å². The molecule has 0 aromatic heterocycles. The zero-order valence-electron chi connectivity index (χ0n) is 9.90. The fourth-order valence-corrected chi connectivity index (χ4v) is 2.40. The molecule has 88 valence electrons. The van der Waals surface area contributed by atoms with E-state index in [1.54, 1.807) is 0 Å². The lowest BCUT2D eigenvalue weighted by Gasteiger charge is -2.02. The summed E-state index contributed by atoms with van der Waals surface area (Å²) in [6.45, 7) is 3.98. The monoisotopic (exact) mass is 228 g/mol. The third kappa shape index (κ3) is 1.90. The molecule has 2 aliphatic rings. The van der Waals surface area contributed by atoms with Crippen molar-refractivity contribution in [3.8, 4) is 0 Å². The van der Waals surface area contributed by atoms with Gasteiger partial charge in [0, 0.05) is 12.1 Å². The Labute approximate surface area is 101 Å². The minimum atomic E-state index is 0.560. The highest BCUT2D eigenvalue weighted by Gasteiger charge is 2.23. The van der Waals surface area contributed by atoms with Crippen LogP contribution >= 0.6 is 0 Å². The molecule has 1 aliphatic heterocycles. The Hall–Kier alpha value is -1.84. The Bertz CT molecular complexity index is 490. The van der Waals surface area contributed by atoms with Crippen molar-refractivity contribution >= 4 is 11.7 Å². The number of hydrogen-bond donors (Lipinski definition) is 2. The van der Waals surface area contributed by atoms with Gasteiger partial charge in [0.25, 0.3) is 0 Å². The minimum Gasteiger partial charge on any atom is -0.353 e. The summed E-state index contributed by atoms with van der Waals surface area (Å²) < 4.78 is 0. The largest absolute Gasteiger partial charge is 0.353 e. The average molecular weight is 228 g/mol. The lowest BCUT2D eigenvalue weighted by molar-refractivity contribution is 0.828. The van der Waals surface area contributed by atoms with Gasteiger partial charge in [-0.1, -0.05) is 31.2 Å². The van der Waals surface area contributed by atoms with E-state index < -0.39 is 0 Å². The van der Waals surface area contributed by atoms with Crippen molar-refractivity contribution in [2.45, 2.75) is 19.3 Å². The maximum atomic E-state index is 4.47. The number of hydrogen-bond acceptors (Lipinski definition) is 4. The number of rotatable bonds is 1. The lowest BCUT2D eigenvalue weighted by Crippen LogP contribution is -2.30. The predicted molar refractivity (Wildman–Crippen MR) is 69.5 cm³/mol. The first-order valence-corrected chi connectivity index (χ1v) is 6.05. The zero-order valence-corrected chi connectivity index (χ0v) is 9.90. The Morgan fingerprint density at radius 2 is 2.29 bits per heavy atom. The highest BCUT2D eigenvalue weighted by molar-refractivity contribution is 6.05. The molecule has 4 heteroatoms. The Morgan fingerprint density at radius 3 is 3.12 bits per heavy atom. The van der Waals surface area contributed by atoms with Crippen LogP contribution in [0.4, 0.5) is 0 Å². The minimum absolute atomic E-state index is 0.560. The van der Waals surface area contributed by atoms with Crippen LogP contribution in [0.2, 0.25) is 0 Å². The highest BCUT2D eigenvalue weighted by atomic mass is 15.4. The fourth-order valence-electron chi connectivity index (χ4n) is 2.40. The molecule has 1 aliphatic carbocycles. The number of fused-ring (bicyclic) bond motifs is 1. The van der Waals surface area contributed by atoms with E-state index >= 15 is 0 Å². The summed E-state index contributed by atoms with van der Waals surface area (Å²) in [7, 11) is 0. The molecular weight excluding hydrogens is 212 g/mol. The second-order valence-corrected chi connectivity index (χ2v) is 4.52. The van der Waals surface area contributed by atoms with Gasteiger partial charge in [0.15, 0.2) is 0 Å². The number of nitrogens with one attached hydrogen (secondary N) is 2. The van der Waals surface area contributed by atoms with Gasteiger partial charge in [0.05, 0.1) is 12.3 Å². The van der Waals surface area contributed by atoms with E-state index in [2.05, 4.69) is 52.0 Å². The van der Waals surface area contributed by atoms with Gasteiger partial charge in [0.1, 0.15) is 0 Å². The van der Waals surface area contributed by atoms with E-state index in [9.17, 15) is 0 Å². The standard InChI is InChI=1S/C13H16N4/c1-9-8-12(11-5-3-2-4-10(9)11)16-17-13-14-6-7-15-13/h2-5,9H,6-8H2,1H3,(H2,14,15,17). The average Bonchev–Trinajstić information content (AvgIpc) is 2.96. The van der Waals surface area contributed by atoms with Gasteiger partial charge in [-0.3, -0.25) is 0 Å². The second-order valence-electron chi connectivity index (χ2n) is 4.52. The Morgan fingerprint density at radius 1 is 1.41 bits per heavy atom. The SMILES string of the molecule is CC1CC(=NNC2=NCCN2)c2ccccc21. The van der Waals surface area contributed by atoms with E-state index in [4.69, 9.17) is 0 Å². The summed E-state index contributed by atoms with van der Waals surface area (Å²) in [6.07, 6.45) is 1.000. The number of guanidine groups is 1. The van der Waals surface area contributed by atoms with E-state index in [0.29, 0.717) is 5.92 Å². The van der Waals surface area contributed by atoms with Crippen LogP contribution in [0.15, 0.2) is 34.4 Å². The van der Waals surface area contributed by atoms with Gasteiger partial charge < -0.3 is 5.32 Å². The van der Waals surface area contributed by atoms with Gasteiger partial charge >= 0.3 is 0 Å². The number of hydrazone groups is 1. The molecule has 0 radical (unpaired) electrons. The zero-order chi connectivity index (χ0) is 11.7. The van der Waals surface area contributed by atoms with Gasteiger partial charge in [-0.2, -0.15) is 5.10 Å². The van der Waals surface area contributed by atoms with Crippen molar-refractivity contribution in [1.82, 2.24) is 10.7 Å². The molecule has 1 aromatic rings. The third-order valence-electron chi connectivity index (χ3n) is 3.27. The van der Waals surface area contributed by atoms with Crippen LogP contribution in [-0.2, 0) is 0 Å². The molecule has 0 fully saturated rings. The van der Waals surface area contributed by atoms with E-state index in [-0.39, 0.29) is 0 Å². The molecule has 2 N–H and O–H groups in total. The van der Waals surface area contributed by atoms with Gasteiger partial charge in [-0.15, -0.1) is 0 Å². The molecule has 3 rings (SSSR count). The molecule has 0 saturated heterocycles. The summed E-state index contributed by atoms with van der Waals surface area (Å²) in [5.74, 6) is 1.35. The van der Waals surface area contributed by atoms with Gasteiger partial charge in [0.2, 0.25) is 5.96 Å². The maximum Gasteiger partial charge on any atom is 0.212 e. The van der Waals surface area contributed by atoms with E-state index in [0.717, 1.165) is 31.2 Å². The first-order valence-electron chi connectivity index (χ1n) is 6.05. The molecule has 0 spiro atoms. The number of nitrogens with zero attached hydrogens (tertiary/aromatic N) is 2. The summed E-state index contributed by atoms with van der Waals surface area (Å²) in [5, 5.41) is 7.62. The molecule has 1 heterocycles. The van der Waals surface area contributed by atoms with Crippen molar-refractivity contribution in [1.29, 1.82) is 0 Å². The smallest absolute Gasteiger partial charge is 0.212 e. The Kier molecular flexibility index (Phi) is 2.55. The molecule has 0 bridgehead atoms. The van der Waals surface area contributed by atoms with E-state index in [1.807, 2.05) is 0 Å². The van der Waals surface area contributed by atoms with Crippen molar-refractivity contribution < 1.29 is 0 Å². The fraction of sp³-hybridized carbons (Fsp3) is 0.385. The molecule has 1 aromatic carbocycles. The number of aliphatic imine (C=N–C) groups is 1. The van der Waals surface area contributed by atoms with Crippen molar-refractivity contribution in [3.05, 3.63) is 35.4 Å². The van der Waals surface area contributed by atoms with Crippen molar-refractivity contribution in [3.63, 3.8) is 0 Å². The van der Waals surface area contributed by atoms with Crippen molar-refractivity contribution in [2.24, 2.45) is 10.1 Å². The van der Waals surface area contributed by atoms with Crippen LogP contribution in [0.1, 0.15) is 30.4 Å². The number of benzene rings is 1. The maximum absolute atomic E-state index is 4.47. The topological polar surface area (TPSA) is 48.8 Å². The Balaban J connectivity index is 1.83. The quantitative estimate of drug-likeness (QED) is 0.715. The van der Waals surface area contributed by atoms with Crippen LogP contribution in [0.3, 0.4) is 0 Å². The third-order valence-corrected chi connectivity index (χ3v) is 3.27. The highest BCUT2D eigenvalue weighted by Crippen LogP contribution is 2.32. The molecular formula is C13H16N4. The molecule has 4 nitrogen and oxygen atoms in total. The summed E-state index contributed by atoms with van der Waals surface area (Å²) >= 11 is 0. The normalized spacial score (nSPS) is 24.4. The van der Waals surface area contributed by atoms with Crippen LogP contribution in [0.25, 0.3) is 0 Å². The predicted octanol–water partition coefficient (Wildman–Crippen LogP) is 1.45. The molecule has 17 heavy (non-hydrogen) atoms. The van der Waals surface area contributed by atoms with Gasteiger partial charge in [-0.05, 0) is 17.9 Å². The van der Waals surface area contributed by atoms with Crippen LogP contribution < -0.4 is 10.7 Å². The molecule has 1 unspecified atom stereocenters. The van der Waals surface area contributed by atoms with Crippen molar-refractivity contribution in [2.75, 3.05) is 13.1 Å². The first kappa shape index (κ1) is 10.3. The molecule has 0 saturated carbocycles. The van der Waals surface area contributed by atoms with E-state index in [1.165, 1.54) is 11.1 Å². The van der Waals surface area contributed by atoms with Gasteiger partial charge in [-0.25, -0.2) is 10.4 Å². The van der Waals surface area contributed by atoms with Crippen LogP contribution in [0.5, 0.6) is 0 Å². The van der Waals surface area contributed by atoms with Crippen LogP contribution in [0, 0.1) is 0 Å². The summed E-state index contributed by atoms with van der Waals surface area (Å²) in [5.41, 5.74) is 6.81. The summed E-state index contributed by atoms with van der Waals surface area (Å²) in [4.78, 5) is 4.26. The second kappa shape index (κ2) is 4.20. The molecule has 0 amide bonds.